The van der Waals surface area contributed by atoms with E-state index in [2.05, 4.69) is 10.6 Å². The molecular weight excluding hydrogens is 430 g/mol. The van der Waals surface area contributed by atoms with Crippen molar-refractivity contribution in [1.29, 1.82) is 0 Å². The van der Waals surface area contributed by atoms with E-state index < -0.39 is 17.8 Å². The van der Waals surface area contributed by atoms with Crippen molar-refractivity contribution in [2.45, 2.75) is 6.42 Å². The van der Waals surface area contributed by atoms with E-state index in [-0.39, 0.29) is 13.0 Å². The molecule has 1 aliphatic heterocycles. The van der Waals surface area contributed by atoms with Gasteiger partial charge in [0.25, 0.3) is 5.91 Å². The summed E-state index contributed by atoms with van der Waals surface area (Å²) < 4.78 is 20.6. The van der Waals surface area contributed by atoms with E-state index in [1.165, 1.54) is 39.4 Å². The van der Waals surface area contributed by atoms with Crippen molar-refractivity contribution in [1.82, 2.24) is 0 Å². The number of carbonyl (C=O) groups is 3. The van der Waals surface area contributed by atoms with Gasteiger partial charge in [0.05, 0.1) is 46.2 Å². The van der Waals surface area contributed by atoms with Gasteiger partial charge in [-0.05, 0) is 12.1 Å². The lowest BCUT2D eigenvalue weighted by Gasteiger charge is -2.22. The van der Waals surface area contributed by atoms with Crippen LogP contribution in [0.4, 0.5) is 17.1 Å². The predicted octanol–water partition coefficient (Wildman–Crippen LogP) is 2.56. The van der Waals surface area contributed by atoms with Crippen molar-refractivity contribution in [3.63, 3.8) is 0 Å². The van der Waals surface area contributed by atoms with Crippen LogP contribution < -0.4 is 29.7 Å². The summed E-state index contributed by atoms with van der Waals surface area (Å²) in [4.78, 5) is 38.8. The number of benzene rings is 2. The molecule has 0 saturated carbocycles. The second-order valence-corrected chi connectivity index (χ2v) is 6.95. The fourth-order valence-corrected chi connectivity index (χ4v) is 3.35. The van der Waals surface area contributed by atoms with Gasteiger partial charge in [-0.15, -0.1) is 0 Å². The minimum absolute atomic E-state index is 0.109. The van der Waals surface area contributed by atoms with Crippen molar-refractivity contribution >= 4 is 34.8 Å². The molecule has 2 N–H and O–H groups in total. The zero-order valence-corrected chi connectivity index (χ0v) is 18.8. The summed E-state index contributed by atoms with van der Waals surface area (Å²) in [6.45, 7) is -0.268. The number of anilines is 3. The first kappa shape index (κ1) is 23.5. The van der Waals surface area contributed by atoms with Crippen LogP contribution in [0.1, 0.15) is 6.42 Å². The number of carbonyl (C=O) groups excluding carboxylic acids is 3. The van der Waals surface area contributed by atoms with Crippen molar-refractivity contribution < 1.29 is 33.3 Å². The maximum Gasteiger partial charge on any atom is 0.311 e. The van der Waals surface area contributed by atoms with Crippen LogP contribution in [-0.2, 0) is 19.1 Å². The average molecular weight is 455 g/mol. The van der Waals surface area contributed by atoms with Gasteiger partial charge in [-0.3, -0.25) is 19.3 Å². The van der Waals surface area contributed by atoms with Crippen LogP contribution in [0.5, 0.6) is 17.2 Å². The first-order valence-electron chi connectivity index (χ1n) is 9.95. The summed E-state index contributed by atoms with van der Waals surface area (Å²) in [5.74, 6) is -0.244. The summed E-state index contributed by atoms with van der Waals surface area (Å²) in [5, 5.41) is 5.82. The Morgan fingerprint density at radius 1 is 1.00 bits per heavy atom. The topological polar surface area (TPSA) is 115 Å². The van der Waals surface area contributed by atoms with E-state index in [9.17, 15) is 14.4 Å². The van der Waals surface area contributed by atoms with Crippen molar-refractivity contribution in [2.24, 2.45) is 0 Å². The standard InChI is InChI=1S/C23H25N3O7/c1-30-18-9-14(10-19(31-2)23(18)33-4)25-20(27)13-26-17-8-6-5-7-16(17)24-15(11-21(26)28)12-22(29)32-3/h5-11,24H,12-13H2,1-4H3,(H,25,27). The highest BCUT2D eigenvalue weighted by Gasteiger charge is 2.25. The molecule has 0 bridgehead atoms. The quantitative estimate of drug-likeness (QED) is 0.584. The zero-order valence-electron chi connectivity index (χ0n) is 18.8. The summed E-state index contributed by atoms with van der Waals surface area (Å²) >= 11 is 0. The van der Waals surface area contributed by atoms with Gasteiger partial charge in [-0.2, -0.15) is 0 Å². The molecule has 1 heterocycles. The Morgan fingerprint density at radius 3 is 2.27 bits per heavy atom. The first-order chi connectivity index (χ1) is 15.9. The van der Waals surface area contributed by atoms with Gasteiger partial charge in [0.1, 0.15) is 6.54 Å². The van der Waals surface area contributed by atoms with Crippen molar-refractivity contribution in [2.75, 3.05) is 50.5 Å². The summed E-state index contributed by atoms with van der Waals surface area (Å²) in [7, 11) is 5.70. The number of ether oxygens (including phenoxy) is 4. The highest BCUT2D eigenvalue weighted by atomic mass is 16.5. The molecule has 3 rings (SSSR count). The summed E-state index contributed by atoms with van der Waals surface area (Å²) in [6.07, 6.45) is 1.17. The molecule has 174 valence electrons. The van der Waals surface area contributed by atoms with Gasteiger partial charge in [-0.1, -0.05) is 12.1 Å². The minimum Gasteiger partial charge on any atom is -0.493 e. The Bertz CT molecular complexity index is 1070. The van der Waals surface area contributed by atoms with E-state index >= 15 is 0 Å². The fourth-order valence-electron chi connectivity index (χ4n) is 3.35. The third-order valence-corrected chi connectivity index (χ3v) is 4.87. The number of esters is 1. The highest BCUT2D eigenvalue weighted by molar-refractivity contribution is 6.10. The number of rotatable bonds is 8. The maximum atomic E-state index is 13.0. The van der Waals surface area contributed by atoms with E-state index in [1.807, 2.05) is 0 Å². The number of nitrogens with one attached hydrogen (secondary N) is 2. The SMILES string of the molecule is COC(=O)CC1=CC(=O)N(CC(=O)Nc2cc(OC)c(OC)c(OC)c2)c2ccccc2N1. The molecule has 33 heavy (non-hydrogen) atoms. The van der Waals surface area contributed by atoms with Crippen LogP contribution in [0.15, 0.2) is 48.2 Å². The number of para-hydroxylation sites is 2. The van der Waals surface area contributed by atoms with E-state index in [0.29, 0.717) is 40.0 Å². The van der Waals surface area contributed by atoms with Crippen molar-refractivity contribution in [3.8, 4) is 17.2 Å². The monoisotopic (exact) mass is 455 g/mol. The lowest BCUT2D eigenvalue weighted by molar-refractivity contribution is -0.139. The van der Waals surface area contributed by atoms with Gasteiger partial charge in [0, 0.05) is 29.6 Å². The van der Waals surface area contributed by atoms with Gasteiger partial charge in [0.2, 0.25) is 11.7 Å². The molecule has 0 atom stereocenters. The average Bonchev–Trinajstić information content (AvgIpc) is 2.94. The molecular formula is C23H25N3O7. The van der Waals surface area contributed by atoms with Crippen LogP contribution in [0, 0.1) is 0 Å². The smallest absolute Gasteiger partial charge is 0.311 e. The molecule has 10 nitrogen and oxygen atoms in total. The first-order valence-corrected chi connectivity index (χ1v) is 9.95. The van der Waals surface area contributed by atoms with Crippen molar-refractivity contribution in [3.05, 3.63) is 48.2 Å². The summed E-state index contributed by atoms with van der Waals surface area (Å²) in [6, 6.07) is 10.2. The highest BCUT2D eigenvalue weighted by Crippen LogP contribution is 2.40. The Balaban J connectivity index is 1.85. The fraction of sp³-hybridized carbons (Fsp3) is 0.261. The lowest BCUT2D eigenvalue weighted by atomic mass is 10.2. The van der Waals surface area contributed by atoms with Crippen LogP contribution >= 0.6 is 0 Å². The largest absolute Gasteiger partial charge is 0.493 e. The van der Waals surface area contributed by atoms with Gasteiger partial charge in [-0.25, -0.2) is 0 Å². The molecule has 0 fully saturated rings. The molecule has 1 aliphatic rings. The Kier molecular flexibility index (Phi) is 7.39. The molecule has 0 aromatic heterocycles. The van der Waals surface area contributed by atoms with E-state index in [0.717, 1.165) is 0 Å². The second-order valence-electron chi connectivity index (χ2n) is 6.95. The predicted molar refractivity (Wildman–Crippen MR) is 122 cm³/mol. The Morgan fingerprint density at radius 2 is 1.67 bits per heavy atom. The van der Waals surface area contributed by atoms with Gasteiger partial charge >= 0.3 is 5.97 Å². The number of amides is 2. The molecule has 0 saturated heterocycles. The van der Waals surface area contributed by atoms with Crippen LogP contribution in [-0.4, -0.2) is 52.8 Å². The third kappa shape index (κ3) is 5.35. The van der Waals surface area contributed by atoms with E-state index in [4.69, 9.17) is 18.9 Å². The van der Waals surface area contributed by atoms with Gasteiger partial charge in [0.15, 0.2) is 11.5 Å². The minimum atomic E-state index is -0.493. The van der Waals surface area contributed by atoms with E-state index in [1.54, 1.807) is 36.4 Å². The third-order valence-electron chi connectivity index (χ3n) is 4.87. The maximum absolute atomic E-state index is 13.0. The molecule has 2 aromatic rings. The second kappa shape index (κ2) is 10.4. The molecule has 2 amide bonds. The molecule has 2 aromatic carbocycles. The molecule has 0 aliphatic carbocycles. The number of hydrogen-bond donors (Lipinski definition) is 2. The Hall–Kier alpha value is -4.21. The number of methoxy groups -OCH3 is 4. The molecule has 0 radical (unpaired) electrons. The summed E-state index contributed by atoms with van der Waals surface area (Å²) in [5.41, 5.74) is 1.86. The molecule has 10 heteroatoms. The van der Waals surface area contributed by atoms with Gasteiger partial charge < -0.3 is 29.6 Å². The normalized spacial score (nSPS) is 12.5. The number of nitrogens with zero attached hydrogens (tertiary/aromatic N) is 1. The number of hydrogen-bond acceptors (Lipinski definition) is 8. The lowest BCUT2D eigenvalue weighted by Crippen LogP contribution is -2.37. The van der Waals surface area contributed by atoms with Crippen LogP contribution in [0.25, 0.3) is 0 Å². The van der Waals surface area contributed by atoms with Crippen LogP contribution in [0.3, 0.4) is 0 Å². The number of fused-ring (bicyclic) bond motifs is 1. The van der Waals surface area contributed by atoms with Crippen LogP contribution in [0.2, 0.25) is 0 Å². The molecule has 0 spiro atoms. The molecule has 0 unspecified atom stereocenters. The Labute approximate surface area is 191 Å². The zero-order chi connectivity index (χ0) is 24.0.